The molecule has 0 N–H and O–H groups in total. The second-order valence-electron chi connectivity index (χ2n) is 7.64. The van der Waals surface area contributed by atoms with Gasteiger partial charge in [0.15, 0.2) is 0 Å². The molecule has 0 radical (unpaired) electrons. The van der Waals surface area contributed by atoms with E-state index in [0.717, 1.165) is 11.1 Å². The normalized spacial score (nSPS) is 15.4. The molecule has 0 saturated carbocycles. The van der Waals surface area contributed by atoms with E-state index >= 15 is 0 Å². The van der Waals surface area contributed by atoms with Crippen LogP contribution in [0.25, 0.3) is 0 Å². The molecule has 0 aliphatic carbocycles. The van der Waals surface area contributed by atoms with E-state index < -0.39 is 0 Å². The Hall–Kier alpha value is -0.340. The van der Waals surface area contributed by atoms with Crippen LogP contribution in [0.1, 0.15) is 103 Å². The SMILES string of the molecule is Brc1ccccc1.CCCCCCCCCCCCCCCCC1CO1. The first-order valence-electron chi connectivity index (χ1n) is 11.1. The van der Waals surface area contributed by atoms with E-state index in [4.69, 9.17) is 4.74 Å². The highest BCUT2D eigenvalue weighted by Crippen LogP contribution is 2.18. The fraction of sp³-hybridized carbons (Fsp3) is 0.750. The zero-order chi connectivity index (χ0) is 18.7. The van der Waals surface area contributed by atoms with E-state index in [2.05, 4.69) is 22.9 Å². The van der Waals surface area contributed by atoms with Crippen molar-refractivity contribution in [1.82, 2.24) is 0 Å². The third-order valence-corrected chi connectivity index (χ3v) is 5.54. The Morgan fingerprint density at radius 3 is 1.50 bits per heavy atom. The van der Waals surface area contributed by atoms with E-state index in [1.165, 1.54) is 96.3 Å². The quantitative estimate of drug-likeness (QED) is 0.202. The Labute approximate surface area is 171 Å². The molecule has 0 bridgehead atoms. The number of epoxide rings is 1. The van der Waals surface area contributed by atoms with E-state index in [0.29, 0.717) is 6.10 Å². The molecule has 150 valence electrons. The number of unbranched alkanes of at least 4 members (excludes halogenated alkanes) is 13. The maximum Gasteiger partial charge on any atom is 0.0810 e. The molecule has 0 amide bonds. The molecule has 2 rings (SSSR count). The molecule has 1 unspecified atom stereocenters. The Bertz CT molecular complexity index is 388. The van der Waals surface area contributed by atoms with Crippen molar-refractivity contribution in [3.8, 4) is 0 Å². The molecule has 1 fully saturated rings. The van der Waals surface area contributed by atoms with Gasteiger partial charge in [-0.25, -0.2) is 0 Å². The van der Waals surface area contributed by atoms with Crippen LogP contribution in [-0.4, -0.2) is 12.7 Å². The molecule has 2 heteroatoms. The summed E-state index contributed by atoms with van der Waals surface area (Å²) >= 11 is 3.31. The molecular formula is C24H41BrO. The Balaban J connectivity index is 0.000000401. The van der Waals surface area contributed by atoms with Crippen LogP contribution < -0.4 is 0 Å². The number of rotatable bonds is 15. The zero-order valence-electron chi connectivity index (χ0n) is 17.1. The van der Waals surface area contributed by atoms with Gasteiger partial charge < -0.3 is 4.74 Å². The van der Waals surface area contributed by atoms with Crippen LogP contribution in [0.3, 0.4) is 0 Å². The van der Waals surface area contributed by atoms with Gasteiger partial charge in [0.25, 0.3) is 0 Å². The van der Waals surface area contributed by atoms with Gasteiger partial charge in [0.1, 0.15) is 0 Å². The molecular weight excluding hydrogens is 384 g/mol. The van der Waals surface area contributed by atoms with Crippen LogP contribution in [0.5, 0.6) is 0 Å². The van der Waals surface area contributed by atoms with Crippen molar-refractivity contribution in [2.24, 2.45) is 0 Å². The molecule has 1 nitrogen and oxygen atoms in total. The topological polar surface area (TPSA) is 12.5 Å². The third-order valence-electron chi connectivity index (χ3n) is 5.02. The number of hydrogen-bond donors (Lipinski definition) is 0. The van der Waals surface area contributed by atoms with E-state index in [9.17, 15) is 0 Å². The summed E-state index contributed by atoms with van der Waals surface area (Å²) in [6, 6.07) is 9.97. The third kappa shape index (κ3) is 17.1. The van der Waals surface area contributed by atoms with Gasteiger partial charge in [0.05, 0.1) is 12.7 Å². The molecule has 0 aromatic heterocycles. The highest BCUT2D eigenvalue weighted by atomic mass is 79.9. The minimum absolute atomic E-state index is 0.650. The minimum atomic E-state index is 0.650. The van der Waals surface area contributed by atoms with Gasteiger partial charge in [0.2, 0.25) is 0 Å². The van der Waals surface area contributed by atoms with Crippen molar-refractivity contribution in [3.63, 3.8) is 0 Å². The predicted molar refractivity (Wildman–Crippen MR) is 119 cm³/mol. The van der Waals surface area contributed by atoms with E-state index in [1.54, 1.807) is 0 Å². The van der Waals surface area contributed by atoms with Crippen LogP contribution in [0.15, 0.2) is 34.8 Å². The fourth-order valence-corrected chi connectivity index (χ4v) is 3.52. The molecule has 1 aliphatic rings. The van der Waals surface area contributed by atoms with Crippen molar-refractivity contribution in [1.29, 1.82) is 0 Å². The van der Waals surface area contributed by atoms with Gasteiger partial charge in [-0.1, -0.05) is 131 Å². The molecule has 1 saturated heterocycles. The standard InChI is InChI=1S/C18H36O.C6H5Br/c1-2-3-4-5-6-7-8-9-10-11-12-13-14-15-16-18-17-19-18;7-6-4-2-1-3-5-6/h18H,2-17H2,1H3;1-5H. The first kappa shape index (κ1) is 23.7. The Morgan fingerprint density at radius 2 is 1.15 bits per heavy atom. The number of halogens is 1. The summed E-state index contributed by atoms with van der Waals surface area (Å²) in [5, 5.41) is 0. The number of ether oxygens (including phenoxy) is 1. The molecule has 1 atom stereocenters. The lowest BCUT2D eigenvalue weighted by Gasteiger charge is -2.03. The van der Waals surface area contributed by atoms with Crippen molar-refractivity contribution in [2.45, 2.75) is 109 Å². The van der Waals surface area contributed by atoms with Crippen LogP contribution in [-0.2, 0) is 4.74 Å². The van der Waals surface area contributed by atoms with Gasteiger partial charge in [-0.2, -0.15) is 0 Å². The second-order valence-corrected chi connectivity index (χ2v) is 8.55. The van der Waals surface area contributed by atoms with Crippen molar-refractivity contribution in [3.05, 3.63) is 34.8 Å². The second kappa shape index (κ2) is 18.0. The van der Waals surface area contributed by atoms with Gasteiger partial charge in [-0.15, -0.1) is 0 Å². The van der Waals surface area contributed by atoms with Crippen LogP contribution in [0.4, 0.5) is 0 Å². The highest BCUT2D eigenvalue weighted by Gasteiger charge is 2.20. The van der Waals surface area contributed by atoms with E-state index in [1.807, 2.05) is 30.3 Å². The summed E-state index contributed by atoms with van der Waals surface area (Å²) in [5.74, 6) is 0. The Kier molecular flexibility index (Phi) is 16.4. The lowest BCUT2D eigenvalue weighted by molar-refractivity contribution is 0.387. The summed E-state index contributed by atoms with van der Waals surface area (Å²) in [6.45, 7) is 3.33. The van der Waals surface area contributed by atoms with Crippen LogP contribution in [0, 0.1) is 0 Å². The summed E-state index contributed by atoms with van der Waals surface area (Å²) in [6.07, 6.45) is 22.3. The zero-order valence-corrected chi connectivity index (χ0v) is 18.7. The minimum Gasteiger partial charge on any atom is -0.373 e. The summed E-state index contributed by atoms with van der Waals surface area (Å²) in [4.78, 5) is 0. The summed E-state index contributed by atoms with van der Waals surface area (Å²) < 4.78 is 6.36. The van der Waals surface area contributed by atoms with E-state index in [-0.39, 0.29) is 0 Å². The van der Waals surface area contributed by atoms with Crippen molar-refractivity contribution >= 4 is 15.9 Å². The van der Waals surface area contributed by atoms with Crippen molar-refractivity contribution < 1.29 is 4.74 Å². The lowest BCUT2D eigenvalue weighted by Crippen LogP contribution is -1.86. The monoisotopic (exact) mass is 424 g/mol. The molecule has 0 spiro atoms. The first-order valence-corrected chi connectivity index (χ1v) is 11.9. The van der Waals surface area contributed by atoms with Gasteiger partial charge in [-0.3, -0.25) is 0 Å². The smallest absolute Gasteiger partial charge is 0.0810 e. The van der Waals surface area contributed by atoms with Crippen molar-refractivity contribution in [2.75, 3.05) is 6.61 Å². The highest BCUT2D eigenvalue weighted by molar-refractivity contribution is 9.10. The van der Waals surface area contributed by atoms with Crippen LogP contribution >= 0.6 is 15.9 Å². The summed E-state index contributed by atoms with van der Waals surface area (Å²) in [7, 11) is 0. The fourth-order valence-electron chi connectivity index (χ4n) is 3.22. The maximum atomic E-state index is 5.22. The molecule has 1 aromatic carbocycles. The maximum absolute atomic E-state index is 5.22. The largest absolute Gasteiger partial charge is 0.373 e. The molecule has 26 heavy (non-hydrogen) atoms. The average molecular weight is 425 g/mol. The lowest BCUT2D eigenvalue weighted by atomic mass is 10.0. The first-order chi connectivity index (χ1) is 12.8. The average Bonchev–Trinajstić information content (AvgIpc) is 3.48. The van der Waals surface area contributed by atoms with Gasteiger partial charge >= 0.3 is 0 Å². The summed E-state index contributed by atoms with van der Waals surface area (Å²) in [5.41, 5.74) is 0. The van der Waals surface area contributed by atoms with Crippen LogP contribution in [0.2, 0.25) is 0 Å². The Morgan fingerprint density at radius 1 is 0.731 bits per heavy atom. The molecule has 1 aromatic rings. The van der Waals surface area contributed by atoms with Gasteiger partial charge in [0, 0.05) is 4.47 Å². The number of hydrogen-bond acceptors (Lipinski definition) is 1. The number of benzene rings is 1. The molecule has 1 aliphatic heterocycles. The van der Waals surface area contributed by atoms with Gasteiger partial charge in [-0.05, 0) is 18.6 Å². The molecule has 1 heterocycles. The predicted octanol–water partition coefficient (Wildman–Crippen LogP) is 8.71.